The molecule has 1 atom stereocenters. The molecule has 3 nitrogen and oxygen atoms in total. The van der Waals surface area contributed by atoms with Crippen molar-refractivity contribution in [3.05, 3.63) is 65.5 Å². The maximum Gasteiger partial charge on any atom is 0.165 e. The Morgan fingerprint density at radius 3 is 2.48 bits per heavy atom. The van der Waals surface area contributed by atoms with Gasteiger partial charge in [0, 0.05) is 5.56 Å². The quantitative estimate of drug-likeness (QED) is 0.605. The minimum atomic E-state index is -1.36. The first-order chi connectivity index (χ1) is 10.9. The van der Waals surface area contributed by atoms with Gasteiger partial charge in [-0.25, -0.2) is 4.39 Å². The van der Waals surface area contributed by atoms with Gasteiger partial charge in [-0.15, -0.1) is 0 Å². The first kappa shape index (κ1) is 17.5. The molecule has 0 bridgehead atoms. The lowest BCUT2D eigenvalue weighted by Gasteiger charge is -2.17. The first-order valence-corrected chi connectivity index (χ1v) is 8.39. The first-order valence-electron chi connectivity index (χ1n) is 7.28. The van der Waals surface area contributed by atoms with Crippen LogP contribution in [0, 0.1) is 5.82 Å². The molecule has 2 aromatic carbocycles. The Labute approximate surface area is 139 Å². The second-order valence-corrected chi connectivity index (χ2v) is 7.99. The summed E-state index contributed by atoms with van der Waals surface area (Å²) in [6, 6.07) is 14.1. The van der Waals surface area contributed by atoms with Crippen LogP contribution in [0.3, 0.4) is 0 Å². The third kappa shape index (κ3) is 5.37. The molecule has 0 aliphatic rings. The average Bonchev–Trinajstić information content (AvgIpc) is 2.51. The monoisotopic (exact) mass is 333 g/mol. The van der Waals surface area contributed by atoms with Crippen LogP contribution in [0.2, 0.25) is 0 Å². The van der Waals surface area contributed by atoms with Gasteiger partial charge in [-0.2, -0.15) is 0 Å². The molecule has 122 valence electrons. The molecule has 5 heteroatoms. The smallest absolute Gasteiger partial charge is 0.165 e. The van der Waals surface area contributed by atoms with Crippen LogP contribution < -0.4 is 4.74 Å². The molecule has 0 saturated carbocycles. The third-order valence-corrected chi connectivity index (χ3v) is 4.36. The van der Waals surface area contributed by atoms with Crippen LogP contribution in [0.25, 0.3) is 0 Å². The molecule has 0 heterocycles. The van der Waals surface area contributed by atoms with Gasteiger partial charge < -0.3 is 9.29 Å². The van der Waals surface area contributed by atoms with E-state index in [1.807, 2.05) is 51.1 Å². The largest absolute Gasteiger partial charge is 0.591 e. The van der Waals surface area contributed by atoms with E-state index in [1.54, 1.807) is 12.1 Å². The number of benzene rings is 2. The molecule has 0 spiro atoms. The molecule has 0 aliphatic heterocycles. The summed E-state index contributed by atoms with van der Waals surface area (Å²) < 4.78 is 34.9. The zero-order valence-electron chi connectivity index (χ0n) is 13.5. The zero-order valence-corrected chi connectivity index (χ0v) is 14.3. The lowest BCUT2D eigenvalue weighted by molar-refractivity contribution is 0.290. The van der Waals surface area contributed by atoms with E-state index in [4.69, 9.17) is 4.74 Å². The summed E-state index contributed by atoms with van der Waals surface area (Å²) >= 11 is -1.36. The fourth-order valence-corrected chi connectivity index (χ4v) is 2.25. The maximum atomic E-state index is 14.0. The second kappa shape index (κ2) is 7.62. The van der Waals surface area contributed by atoms with Crippen LogP contribution in [0.5, 0.6) is 5.75 Å². The van der Waals surface area contributed by atoms with Crippen molar-refractivity contribution >= 4 is 17.6 Å². The molecule has 0 fully saturated rings. The number of ether oxygens (including phenoxy) is 1. The van der Waals surface area contributed by atoms with E-state index in [0.29, 0.717) is 12.2 Å². The van der Waals surface area contributed by atoms with E-state index < -0.39 is 21.9 Å². The predicted octanol–water partition coefficient (Wildman–Crippen LogP) is 4.29. The summed E-state index contributed by atoms with van der Waals surface area (Å²) in [6.45, 7) is 5.81. The van der Waals surface area contributed by atoms with Gasteiger partial charge in [-0.3, -0.25) is 0 Å². The van der Waals surface area contributed by atoms with E-state index in [0.717, 1.165) is 5.56 Å². The van der Waals surface area contributed by atoms with E-state index >= 15 is 0 Å². The molecule has 1 unspecified atom stereocenters. The van der Waals surface area contributed by atoms with Crippen LogP contribution in [0.1, 0.15) is 31.9 Å². The van der Waals surface area contributed by atoms with E-state index in [1.165, 1.54) is 12.3 Å². The predicted molar refractivity (Wildman–Crippen MR) is 92.7 cm³/mol. The Morgan fingerprint density at radius 1 is 1.17 bits per heavy atom. The van der Waals surface area contributed by atoms with Crippen LogP contribution in [0.15, 0.2) is 52.9 Å². The highest BCUT2D eigenvalue weighted by Crippen LogP contribution is 2.20. The fourth-order valence-electron chi connectivity index (χ4n) is 1.72. The Balaban J connectivity index is 2.02. The lowest BCUT2D eigenvalue weighted by atomic mass is 10.2. The van der Waals surface area contributed by atoms with Crippen molar-refractivity contribution in [1.29, 1.82) is 0 Å². The summed E-state index contributed by atoms with van der Waals surface area (Å²) in [5, 5.41) is 0. The number of hydrogen-bond donors (Lipinski definition) is 0. The highest BCUT2D eigenvalue weighted by Gasteiger charge is 2.25. The molecule has 0 amide bonds. The highest BCUT2D eigenvalue weighted by atomic mass is 32.2. The SMILES string of the molecule is CC(C)(C)[S+]([O-])/N=C/c1ccc(OCc2ccccc2)c(F)c1. The summed E-state index contributed by atoms with van der Waals surface area (Å²) in [5.74, 6) is -0.283. The molecule has 23 heavy (non-hydrogen) atoms. The van der Waals surface area contributed by atoms with Crippen LogP contribution in [-0.4, -0.2) is 15.5 Å². The Kier molecular flexibility index (Phi) is 5.80. The van der Waals surface area contributed by atoms with E-state index in [9.17, 15) is 8.94 Å². The summed E-state index contributed by atoms with van der Waals surface area (Å²) in [4.78, 5) is 0. The van der Waals surface area contributed by atoms with Gasteiger partial charge in [0.1, 0.15) is 22.7 Å². The van der Waals surface area contributed by atoms with Crippen LogP contribution in [0.4, 0.5) is 4.39 Å². The topological polar surface area (TPSA) is 44.7 Å². The van der Waals surface area contributed by atoms with Crippen molar-refractivity contribution in [2.24, 2.45) is 4.40 Å². The highest BCUT2D eigenvalue weighted by molar-refractivity contribution is 7.91. The van der Waals surface area contributed by atoms with Gasteiger partial charge >= 0.3 is 0 Å². The maximum absolute atomic E-state index is 14.0. The van der Waals surface area contributed by atoms with E-state index in [-0.39, 0.29) is 5.75 Å². The van der Waals surface area contributed by atoms with Gasteiger partial charge in [-0.1, -0.05) is 34.7 Å². The molecule has 2 aromatic rings. The minimum Gasteiger partial charge on any atom is -0.591 e. The summed E-state index contributed by atoms with van der Waals surface area (Å²) in [6.07, 6.45) is 1.42. The molecular weight excluding hydrogens is 313 g/mol. The molecule has 0 radical (unpaired) electrons. The number of nitrogens with zero attached hydrogens (tertiary/aromatic N) is 1. The number of hydrogen-bond acceptors (Lipinski definition) is 3. The standard InChI is InChI=1S/C18H20FNO2S/c1-18(2,3)23(21)20-12-15-9-10-17(16(19)11-15)22-13-14-7-5-4-6-8-14/h4-12H,13H2,1-3H3/b20-12+. The number of rotatable bonds is 5. The van der Waals surface area contributed by atoms with Crippen LogP contribution >= 0.6 is 0 Å². The number of halogens is 1. The molecular formula is C18H20FNO2S. The van der Waals surface area contributed by atoms with Crippen molar-refractivity contribution in [1.82, 2.24) is 0 Å². The molecule has 2 rings (SSSR count). The summed E-state index contributed by atoms with van der Waals surface area (Å²) in [7, 11) is 0. The van der Waals surface area contributed by atoms with Crippen molar-refractivity contribution < 1.29 is 13.7 Å². The Morgan fingerprint density at radius 2 is 1.87 bits per heavy atom. The molecule has 0 aliphatic carbocycles. The van der Waals surface area contributed by atoms with Crippen LogP contribution in [-0.2, 0) is 18.0 Å². The van der Waals surface area contributed by atoms with Crippen molar-refractivity contribution in [3.8, 4) is 5.75 Å². The van der Waals surface area contributed by atoms with Gasteiger partial charge in [0.15, 0.2) is 11.6 Å². The summed E-state index contributed by atoms with van der Waals surface area (Å²) in [5.41, 5.74) is 1.52. The van der Waals surface area contributed by atoms with Crippen molar-refractivity contribution in [2.75, 3.05) is 0 Å². The molecule has 0 saturated heterocycles. The Bertz CT molecular complexity index is 668. The van der Waals surface area contributed by atoms with Gasteiger partial charge in [0.2, 0.25) is 0 Å². The molecule has 0 aromatic heterocycles. The molecule has 0 N–H and O–H groups in total. The van der Waals surface area contributed by atoms with Gasteiger partial charge in [-0.05, 0) is 44.5 Å². The Hall–Kier alpha value is -1.85. The third-order valence-electron chi connectivity index (χ3n) is 3.01. The van der Waals surface area contributed by atoms with Crippen molar-refractivity contribution in [3.63, 3.8) is 0 Å². The van der Waals surface area contributed by atoms with Gasteiger partial charge in [0.25, 0.3) is 0 Å². The second-order valence-electron chi connectivity index (χ2n) is 6.06. The van der Waals surface area contributed by atoms with Crippen molar-refractivity contribution in [2.45, 2.75) is 32.1 Å². The average molecular weight is 333 g/mol. The fraction of sp³-hybridized carbons (Fsp3) is 0.278. The van der Waals surface area contributed by atoms with Gasteiger partial charge in [0.05, 0.1) is 6.21 Å². The lowest BCUT2D eigenvalue weighted by Crippen LogP contribution is -2.25. The zero-order chi connectivity index (χ0) is 16.9. The van der Waals surface area contributed by atoms with E-state index in [2.05, 4.69) is 4.40 Å². The normalized spacial score (nSPS) is 13.3. The minimum absolute atomic E-state index is 0.183.